The van der Waals surface area contributed by atoms with E-state index < -0.39 is 0 Å². The third-order valence-electron chi connectivity index (χ3n) is 2.19. The maximum Gasteiger partial charge on any atom is 0.122 e. The monoisotopic (exact) mass is 257 g/mol. The molecule has 5 heteroatoms. The van der Waals surface area contributed by atoms with Gasteiger partial charge in [0, 0.05) is 12.1 Å². The van der Waals surface area contributed by atoms with Crippen molar-refractivity contribution in [3.05, 3.63) is 35.4 Å². The Kier molecular flexibility index (Phi) is 7.54. The van der Waals surface area contributed by atoms with Crippen molar-refractivity contribution < 1.29 is 4.74 Å². The first kappa shape index (κ1) is 15.9. The summed E-state index contributed by atoms with van der Waals surface area (Å²) in [4.78, 5) is 2.08. The summed E-state index contributed by atoms with van der Waals surface area (Å²) in [5, 5.41) is 7.33. The molecule has 0 bridgehead atoms. The molecule has 0 saturated carbocycles. The van der Waals surface area contributed by atoms with Crippen LogP contribution in [0.25, 0.3) is 0 Å². The van der Waals surface area contributed by atoms with Crippen LogP contribution in [0.3, 0.4) is 0 Å². The molecule has 4 nitrogen and oxygen atoms in total. The minimum Gasteiger partial charge on any atom is -0.384 e. The molecule has 0 fully saturated rings. The van der Waals surface area contributed by atoms with Crippen molar-refractivity contribution >= 4 is 18.2 Å². The number of nitrogens with zero attached hydrogens (tertiary/aromatic N) is 1. The van der Waals surface area contributed by atoms with Crippen LogP contribution in [0.4, 0.5) is 0 Å². The molecule has 0 radical (unpaired) electrons. The minimum absolute atomic E-state index is 0. The molecule has 0 aliphatic heterocycles. The van der Waals surface area contributed by atoms with E-state index in [1.165, 1.54) is 0 Å². The molecule has 96 valence electrons. The summed E-state index contributed by atoms with van der Waals surface area (Å²) in [5.41, 5.74) is 7.20. The van der Waals surface area contributed by atoms with E-state index in [4.69, 9.17) is 15.9 Å². The third kappa shape index (κ3) is 6.26. The normalized spacial score (nSPS) is 10.1. The van der Waals surface area contributed by atoms with Gasteiger partial charge in [0.25, 0.3) is 0 Å². The Morgan fingerprint density at radius 2 is 2.12 bits per heavy atom. The molecule has 0 heterocycles. The molecule has 17 heavy (non-hydrogen) atoms. The molecule has 1 aromatic carbocycles. The Bertz CT molecular complexity index is 355. The zero-order chi connectivity index (χ0) is 12.0. The van der Waals surface area contributed by atoms with Crippen LogP contribution in [0, 0.1) is 5.41 Å². The van der Waals surface area contributed by atoms with Gasteiger partial charge in [-0.3, -0.25) is 5.41 Å². The van der Waals surface area contributed by atoms with Crippen LogP contribution in [-0.4, -0.2) is 38.0 Å². The lowest BCUT2D eigenvalue weighted by molar-refractivity contribution is 0.105. The van der Waals surface area contributed by atoms with Crippen LogP contribution in [0.2, 0.25) is 0 Å². The molecule has 0 spiro atoms. The maximum atomic E-state index is 7.33. The van der Waals surface area contributed by atoms with Gasteiger partial charge >= 0.3 is 0 Å². The van der Waals surface area contributed by atoms with Crippen LogP contribution >= 0.6 is 12.4 Å². The summed E-state index contributed by atoms with van der Waals surface area (Å²) in [5.74, 6) is 0.0927. The number of hydrogen-bond donors (Lipinski definition) is 2. The highest BCUT2D eigenvalue weighted by Gasteiger charge is 1.99. The average Bonchev–Trinajstić information content (AvgIpc) is 2.24. The van der Waals surface area contributed by atoms with E-state index in [2.05, 4.69) is 4.90 Å². The lowest BCUT2D eigenvalue weighted by atomic mass is 10.1. The Balaban J connectivity index is 0.00000256. The van der Waals surface area contributed by atoms with Crippen molar-refractivity contribution in [2.24, 2.45) is 5.73 Å². The Hall–Kier alpha value is -1.10. The highest BCUT2D eigenvalue weighted by molar-refractivity contribution is 5.95. The number of amidine groups is 1. The predicted molar refractivity (Wildman–Crippen MR) is 72.9 cm³/mol. The molecule has 1 aromatic rings. The van der Waals surface area contributed by atoms with E-state index in [0.29, 0.717) is 13.2 Å². The number of nitrogens with one attached hydrogen (secondary N) is 1. The van der Waals surface area contributed by atoms with Crippen molar-refractivity contribution in [1.82, 2.24) is 4.90 Å². The van der Waals surface area contributed by atoms with Crippen LogP contribution in [0.15, 0.2) is 24.3 Å². The van der Waals surface area contributed by atoms with Crippen molar-refractivity contribution in [3.8, 4) is 0 Å². The van der Waals surface area contributed by atoms with Gasteiger partial charge in [0.1, 0.15) is 5.84 Å². The number of nitrogens with two attached hydrogens (primary N) is 1. The predicted octanol–water partition coefficient (Wildman–Crippen LogP) is 1.47. The van der Waals surface area contributed by atoms with Gasteiger partial charge < -0.3 is 15.4 Å². The number of likely N-dealkylation sites (N-methyl/N-ethyl adjacent to an activating group) is 1. The maximum absolute atomic E-state index is 7.33. The number of hydrogen-bond acceptors (Lipinski definition) is 3. The largest absolute Gasteiger partial charge is 0.384 e. The highest BCUT2D eigenvalue weighted by atomic mass is 35.5. The number of ether oxygens (including phenoxy) is 1. The first-order chi connectivity index (χ1) is 7.59. The van der Waals surface area contributed by atoms with E-state index in [-0.39, 0.29) is 18.2 Å². The van der Waals surface area contributed by atoms with E-state index in [0.717, 1.165) is 17.7 Å². The SMILES string of the molecule is CN(C)CCOCc1cccc(C(=N)N)c1.Cl. The number of rotatable bonds is 6. The molecule has 0 aromatic heterocycles. The van der Waals surface area contributed by atoms with Crippen LogP contribution in [0.5, 0.6) is 0 Å². The van der Waals surface area contributed by atoms with Gasteiger partial charge in [-0.15, -0.1) is 12.4 Å². The third-order valence-corrected chi connectivity index (χ3v) is 2.19. The quantitative estimate of drug-likeness (QED) is 0.461. The molecule has 3 N–H and O–H groups in total. The lowest BCUT2D eigenvalue weighted by Gasteiger charge is -2.10. The molecular weight excluding hydrogens is 238 g/mol. The zero-order valence-electron chi connectivity index (χ0n) is 10.3. The van der Waals surface area contributed by atoms with Crippen LogP contribution in [0.1, 0.15) is 11.1 Å². The second kappa shape index (κ2) is 8.06. The van der Waals surface area contributed by atoms with Crippen molar-refractivity contribution in [2.45, 2.75) is 6.61 Å². The second-order valence-corrected chi connectivity index (χ2v) is 3.97. The Morgan fingerprint density at radius 3 is 2.71 bits per heavy atom. The Morgan fingerprint density at radius 1 is 1.41 bits per heavy atom. The smallest absolute Gasteiger partial charge is 0.122 e. The summed E-state index contributed by atoms with van der Waals surface area (Å²) < 4.78 is 5.51. The van der Waals surface area contributed by atoms with Gasteiger partial charge in [-0.1, -0.05) is 18.2 Å². The summed E-state index contributed by atoms with van der Waals surface area (Å²) in [6.45, 7) is 2.18. The average molecular weight is 258 g/mol. The van der Waals surface area contributed by atoms with Gasteiger partial charge in [0.05, 0.1) is 13.2 Å². The molecule has 0 saturated heterocycles. The lowest BCUT2D eigenvalue weighted by Crippen LogP contribution is -2.18. The Labute approximate surface area is 109 Å². The molecule has 0 aliphatic rings. The van der Waals surface area contributed by atoms with Crippen molar-refractivity contribution in [1.29, 1.82) is 5.41 Å². The van der Waals surface area contributed by atoms with Crippen LogP contribution < -0.4 is 5.73 Å². The summed E-state index contributed by atoms with van der Waals surface area (Å²) in [6.07, 6.45) is 0. The molecule has 0 amide bonds. The molecule has 0 atom stereocenters. The molecular formula is C12H20ClN3O. The van der Waals surface area contributed by atoms with Gasteiger partial charge in [0.2, 0.25) is 0 Å². The fraction of sp³-hybridized carbons (Fsp3) is 0.417. The van der Waals surface area contributed by atoms with Gasteiger partial charge in [-0.2, -0.15) is 0 Å². The van der Waals surface area contributed by atoms with Gasteiger partial charge in [-0.25, -0.2) is 0 Å². The fourth-order valence-electron chi connectivity index (χ4n) is 1.27. The van der Waals surface area contributed by atoms with E-state index in [1.54, 1.807) is 0 Å². The highest BCUT2D eigenvalue weighted by Crippen LogP contribution is 2.05. The summed E-state index contributed by atoms with van der Waals surface area (Å²) in [6, 6.07) is 7.58. The summed E-state index contributed by atoms with van der Waals surface area (Å²) >= 11 is 0. The summed E-state index contributed by atoms with van der Waals surface area (Å²) in [7, 11) is 4.03. The van der Waals surface area contributed by atoms with Crippen molar-refractivity contribution in [3.63, 3.8) is 0 Å². The van der Waals surface area contributed by atoms with Gasteiger partial charge in [0.15, 0.2) is 0 Å². The first-order valence-corrected chi connectivity index (χ1v) is 5.25. The van der Waals surface area contributed by atoms with Crippen LogP contribution in [-0.2, 0) is 11.3 Å². The van der Waals surface area contributed by atoms with E-state index in [9.17, 15) is 0 Å². The topological polar surface area (TPSA) is 62.3 Å². The molecule has 1 rings (SSSR count). The fourth-order valence-corrected chi connectivity index (χ4v) is 1.27. The van der Waals surface area contributed by atoms with Gasteiger partial charge in [-0.05, 0) is 25.7 Å². The van der Waals surface area contributed by atoms with E-state index >= 15 is 0 Å². The minimum atomic E-state index is 0. The number of nitrogen functional groups attached to an aromatic ring is 1. The second-order valence-electron chi connectivity index (χ2n) is 3.97. The standard InChI is InChI=1S/C12H19N3O.ClH/c1-15(2)6-7-16-9-10-4-3-5-11(8-10)12(13)14;/h3-5,8H,6-7,9H2,1-2H3,(H3,13,14);1H. The number of benzene rings is 1. The first-order valence-electron chi connectivity index (χ1n) is 5.25. The number of halogens is 1. The molecule has 0 unspecified atom stereocenters. The molecule has 0 aliphatic carbocycles. The van der Waals surface area contributed by atoms with Crippen molar-refractivity contribution in [2.75, 3.05) is 27.2 Å². The van der Waals surface area contributed by atoms with E-state index in [1.807, 2.05) is 38.4 Å². The zero-order valence-corrected chi connectivity index (χ0v) is 11.1.